The maximum Gasteiger partial charge on any atom is 0.225 e. The third-order valence-electron chi connectivity index (χ3n) is 4.90. The van der Waals surface area contributed by atoms with E-state index >= 15 is 0 Å². The van der Waals surface area contributed by atoms with Crippen LogP contribution in [0.2, 0.25) is 0 Å². The van der Waals surface area contributed by atoms with E-state index in [1.54, 1.807) is 7.11 Å². The molecule has 1 aromatic rings. The fourth-order valence-electron chi connectivity index (χ4n) is 3.08. The fraction of sp³-hybridized carbons (Fsp3) is 0.650. The highest BCUT2D eigenvalue weighted by molar-refractivity contribution is 5.81. The number of hydrogen-bond acceptors (Lipinski definition) is 3. The van der Waals surface area contributed by atoms with E-state index in [9.17, 15) is 4.79 Å². The minimum atomic E-state index is -0.360. The van der Waals surface area contributed by atoms with Crippen molar-refractivity contribution in [2.45, 2.75) is 46.6 Å². The van der Waals surface area contributed by atoms with Crippen LogP contribution in [0.5, 0.6) is 5.75 Å². The summed E-state index contributed by atoms with van der Waals surface area (Å²) in [7, 11) is 1.68. The van der Waals surface area contributed by atoms with E-state index in [-0.39, 0.29) is 17.4 Å². The third kappa shape index (κ3) is 4.97. The summed E-state index contributed by atoms with van der Waals surface area (Å²) in [6.07, 6.45) is 2.44. The van der Waals surface area contributed by atoms with E-state index in [0.717, 1.165) is 24.8 Å². The molecule has 2 rings (SSSR count). The number of rotatable bonds is 5. The lowest BCUT2D eigenvalue weighted by Gasteiger charge is -2.37. The summed E-state index contributed by atoms with van der Waals surface area (Å²) in [6, 6.07) is 8.45. The van der Waals surface area contributed by atoms with Crippen molar-refractivity contribution in [1.29, 1.82) is 0 Å². The van der Waals surface area contributed by atoms with Gasteiger partial charge in [0.25, 0.3) is 0 Å². The van der Waals surface area contributed by atoms with Crippen molar-refractivity contribution in [3.63, 3.8) is 0 Å². The molecule has 4 heteroatoms. The molecule has 4 nitrogen and oxygen atoms in total. The van der Waals surface area contributed by atoms with Gasteiger partial charge in [0.1, 0.15) is 5.75 Å². The monoisotopic (exact) mass is 332 g/mol. The Balaban J connectivity index is 2.12. The second-order valence-corrected chi connectivity index (χ2v) is 7.97. The van der Waals surface area contributed by atoms with Gasteiger partial charge in [-0.25, -0.2) is 0 Å². The number of likely N-dealkylation sites (tertiary alicyclic amines) is 1. The predicted octanol–water partition coefficient (Wildman–Crippen LogP) is 3.63. The summed E-state index contributed by atoms with van der Waals surface area (Å²) >= 11 is 0. The molecule has 1 aliphatic heterocycles. The van der Waals surface area contributed by atoms with Crippen molar-refractivity contribution >= 4 is 5.91 Å². The van der Waals surface area contributed by atoms with E-state index in [4.69, 9.17) is 4.74 Å². The van der Waals surface area contributed by atoms with Crippen molar-refractivity contribution in [3.05, 3.63) is 29.8 Å². The molecule has 1 atom stereocenters. The van der Waals surface area contributed by atoms with Crippen LogP contribution in [0.25, 0.3) is 0 Å². The van der Waals surface area contributed by atoms with Crippen molar-refractivity contribution in [2.75, 3.05) is 26.7 Å². The fourth-order valence-corrected chi connectivity index (χ4v) is 3.08. The SMILES string of the molecule is COc1ccc(C(CNC(=O)C(C)(C)C)N2CCC(C)CC2)cc1. The van der Waals surface area contributed by atoms with Crippen LogP contribution in [-0.4, -0.2) is 37.6 Å². The first-order chi connectivity index (χ1) is 11.3. The van der Waals surface area contributed by atoms with Crippen LogP contribution in [0.3, 0.4) is 0 Å². The van der Waals surface area contributed by atoms with E-state index in [1.807, 2.05) is 32.9 Å². The Morgan fingerprint density at radius 3 is 2.33 bits per heavy atom. The largest absolute Gasteiger partial charge is 0.497 e. The highest BCUT2D eigenvalue weighted by Crippen LogP contribution is 2.28. The van der Waals surface area contributed by atoms with Gasteiger partial charge in [0.05, 0.1) is 13.2 Å². The Bertz CT molecular complexity index is 526. The highest BCUT2D eigenvalue weighted by Gasteiger charge is 2.27. The van der Waals surface area contributed by atoms with Crippen LogP contribution in [0.4, 0.5) is 0 Å². The summed E-state index contributed by atoms with van der Waals surface area (Å²) in [5.41, 5.74) is 0.875. The Kier molecular flexibility index (Phi) is 6.27. The number of amides is 1. The van der Waals surface area contributed by atoms with Crippen molar-refractivity contribution < 1.29 is 9.53 Å². The molecule has 1 aromatic carbocycles. The molecule has 1 saturated heterocycles. The zero-order valence-corrected chi connectivity index (χ0v) is 15.8. The van der Waals surface area contributed by atoms with E-state index in [2.05, 4.69) is 29.3 Å². The predicted molar refractivity (Wildman–Crippen MR) is 98.2 cm³/mol. The van der Waals surface area contributed by atoms with Gasteiger partial charge >= 0.3 is 0 Å². The molecule has 0 saturated carbocycles. The van der Waals surface area contributed by atoms with Crippen LogP contribution in [-0.2, 0) is 4.79 Å². The lowest BCUT2D eigenvalue weighted by molar-refractivity contribution is -0.128. The van der Waals surface area contributed by atoms with Crippen molar-refractivity contribution in [2.24, 2.45) is 11.3 Å². The molecule has 134 valence electrons. The topological polar surface area (TPSA) is 41.6 Å². The average Bonchev–Trinajstić information content (AvgIpc) is 2.56. The molecule has 0 radical (unpaired) electrons. The number of nitrogens with zero attached hydrogens (tertiary/aromatic N) is 1. The molecule has 24 heavy (non-hydrogen) atoms. The first kappa shape index (κ1) is 18.8. The number of carbonyl (C=O) groups excluding carboxylic acids is 1. The summed E-state index contributed by atoms with van der Waals surface area (Å²) in [6.45, 7) is 11.0. The molecule has 0 aliphatic carbocycles. The number of carbonyl (C=O) groups is 1. The minimum absolute atomic E-state index is 0.103. The van der Waals surface area contributed by atoms with E-state index in [0.29, 0.717) is 6.54 Å². The molecule has 1 unspecified atom stereocenters. The maximum absolute atomic E-state index is 12.3. The number of piperidine rings is 1. The second-order valence-electron chi connectivity index (χ2n) is 7.97. The maximum atomic E-state index is 12.3. The summed E-state index contributed by atoms with van der Waals surface area (Å²) in [4.78, 5) is 14.8. The van der Waals surface area contributed by atoms with E-state index < -0.39 is 0 Å². The molecule has 0 bridgehead atoms. The number of hydrogen-bond donors (Lipinski definition) is 1. The number of benzene rings is 1. The molecule has 1 heterocycles. The molecule has 1 fully saturated rings. The molecular weight excluding hydrogens is 300 g/mol. The zero-order chi connectivity index (χ0) is 17.7. The second kappa shape index (κ2) is 8.02. The number of ether oxygens (including phenoxy) is 1. The molecular formula is C20H32N2O2. The Morgan fingerprint density at radius 2 is 1.83 bits per heavy atom. The van der Waals surface area contributed by atoms with E-state index in [1.165, 1.54) is 18.4 Å². The van der Waals surface area contributed by atoms with Gasteiger partial charge in [-0.15, -0.1) is 0 Å². The van der Waals surface area contributed by atoms with Crippen molar-refractivity contribution in [1.82, 2.24) is 10.2 Å². The zero-order valence-electron chi connectivity index (χ0n) is 15.8. The first-order valence-corrected chi connectivity index (χ1v) is 8.97. The van der Waals surface area contributed by atoms with Gasteiger partial charge in [0.2, 0.25) is 5.91 Å². The standard InChI is InChI=1S/C20H32N2O2/c1-15-10-12-22(13-11-15)18(14-21-19(23)20(2,3)4)16-6-8-17(24-5)9-7-16/h6-9,15,18H,10-14H2,1-5H3,(H,21,23). The van der Waals surface area contributed by atoms with Gasteiger partial charge in [0.15, 0.2) is 0 Å². The van der Waals surface area contributed by atoms with Crippen LogP contribution >= 0.6 is 0 Å². The Morgan fingerprint density at radius 1 is 1.25 bits per heavy atom. The highest BCUT2D eigenvalue weighted by atomic mass is 16.5. The van der Waals surface area contributed by atoms with Crippen molar-refractivity contribution in [3.8, 4) is 5.75 Å². The lowest BCUT2D eigenvalue weighted by Crippen LogP contribution is -2.44. The number of methoxy groups -OCH3 is 1. The van der Waals surface area contributed by atoms with Gasteiger partial charge in [-0.1, -0.05) is 39.8 Å². The van der Waals surface area contributed by atoms with Crippen LogP contribution in [0.1, 0.15) is 52.1 Å². The van der Waals surface area contributed by atoms with Gasteiger partial charge in [-0.2, -0.15) is 0 Å². The van der Waals surface area contributed by atoms with Crippen LogP contribution in [0, 0.1) is 11.3 Å². The summed E-state index contributed by atoms with van der Waals surface area (Å²) in [5.74, 6) is 1.76. The third-order valence-corrected chi connectivity index (χ3v) is 4.90. The normalized spacial score (nSPS) is 18.2. The molecule has 1 N–H and O–H groups in total. The Labute approximate surface area is 146 Å². The first-order valence-electron chi connectivity index (χ1n) is 8.97. The number of nitrogens with one attached hydrogen (secondary N) is 1. The van der Waals surface area contributed by atoms with Gasteiger partial charge < -0.3 is 10.1 Å². The van der Waals surface area contributed by atoms with Gasteiger partial charge in [0, 0.05) is 12.0 Å². The minimum Gasteiger partial charge on any atom is -0.497 e. The molecule has 0 spiro atoms. The van der Waals surface area contributed by atoms with Crippen LogP contribution in [0.15, 0.2) is 24.3 Å². The smallest absolute Gasteiger partial charge is 0.225 e. The average molecular weight is 332 g/mol. The molecule has 0 aromatic heterocycles. The molecule has 1 aliphatic rings. The Hall–Kier alpha value is -1.55. The van der Waals surface area contributed by atoms with Gasteiger partial charge in [-0.05, 0) is 49.5 Å². The lowest BCUT2D eigenvalue weighted by atomic mass is 9.94. The quantitative estimate of drug-likeness (QED) is 0.895. The summed E-state index contributed by atoms with van der Waals surface area (Å²) in [5, 5.41) is 3.15. The summed E-state index contributed by atoms with van der Waals surface area (Å²) < 4.78 is 5.27. The molecule has 1 amide bonds. The van der Waals surface area contributed by atoms with Gasteiger partial charge in [-0.3, -0.25) is 9.69 Å². The van der Waals surface area contributed by atoms with Crippen LogP contribution < -0.4 is 10.1 Å².